The lowest BCUT2D eigenvalue weighted by atomic mass is 9.99. The summed E-state index contributed by atoms with van der Waals surface area (Å²) in [6.45, 7) is 10.7. The van der Waals surface area contributed by atoms with Crippen LogP contribution in [0.1, 0.15) is 69.0 Å². The van der Waals surface area contributed by atoms with Crippen molar-refractivity contribution in [3.05, 3.63) is 44.9 Å². The second-order valence-corrected chi connectivity index (χ2v) is 8.21. The molecule has 0 aliphatic rings. The first-order valence-electron chi connectivity index (χ1n) is 10.5. The van der Waals surface area contributed by atoms with Gasteiger partial charge in [-0.25, -0.2) is 4.79 Å². The van der Waals surface area contributed by atoms with Crippen LogP contribution in [-0.4, -0.2) is 60.0 Å². The molecular weight excluding hydrogens is 416 g/mol. The van der Waals surface area contributed by atoms with Gasteiger partial charge in [0.1, 0.15) is 5.69 Å². The van der Waals surface area contributed by atoms with Gasteiger partial charge in [-0.15, -0.1) is 11.3 Å². The second-order valence-electron chi connectivity index (χ2n) is 7.26. The molecule has 1 amide bonds. The van der Waals surface area contributed by atoms with Crippen molar-refractivity contribution in [2.45, 2.75) is 53.6 Å². The van der Waals surface area contributed by atoms with Gasteiger partial charge in [0.05, 0.1) is 17.5 Å². The van der Waals surface area contributed by atoms with Crippen molar-refractivity contribution in [1.29, 1.82) is 0 Å². The molecule has 31 heavy (non-hydrogen) atoms. The fourth-order valence-corrected chi connectivity index (χ4v) is 4.54. The Morgan fingerprint density at radius 2 is 1.94 bits per heavy atom. The van der Waals surface area contributed by atoms with E-state index in [0.717, 1.165) is 0 Å². The highest BCUT2D eigenvalue weighted by Crippen LogP contribution is 2.26. The molecule has 2 aromatic rings. The number of Topliss-reactive ketones (excluding diaryl/α,β-unsaturated/α-hetero) is 1. The molecule has 0 saturated heterocycles. The third-order valence-corrected chi connectivity index (χ3v) is 6.24. The molecule has 2 rings (SSSR count). The number of amides is 1. The van der Waals surface area contributed by atoms with Gasteiger partial charge in [-0.2, -0.15) is 0 Å². The van der Waals surface area contributed by atoms with E-state index in [1.165, 1.54) is 11.3 Å². The summed E-state index contributed by atoms with van der Waals surface area (Å²) in [5.74, 6) is -0.805. The van der Waals surface area contributed by atoms with E-state index in [0.29, 0.717) is 53.5 Å². The highest BCUT2D eigenvalue weighted by molar-refractivity contribution is 7.12. The highest BCUT2D eigenvalue weighted by atomic mass is 32.1. The number of methoxy groups -OCH3 is 1. The molecule has 1 atom stereocenters. The average molecular weight is 449 g/mol. The molecule has 2 heterocycles. The Labute approximate surface area is 187 Å². The lowest BCUT2D eigenvalue weighted by Crippen LogP contribution is -2.44. The van der Waals surface area contributed by atoms with Crippen molar-refractivity contribution >= 4 is 29.0 Å². The van der Waals surface area contributed by atoms with Crippen LogP contribution in [0.2, 0.25) is 0 Å². The standard InChI is InChI=1S/C23H32N2O5S/c1-7-24-16(4)19(15(3)20(24)23(28)30-8-2)21(26)17(5)25(12-10-13-29-6)22(27)18-11-9-14-31-18/h9,11,14,17H,7-8,10,12-13H2,1-6H3. The third-order valence-electron chi connectivity index (χ3n) is 5.39. The minimum Gasteiger partial charge on any atom is -0.461 e. The first-order chi connectivity index (χ1) is 14.8. The number of ether oxygens (including phenoxy) is 2. The van der Waals surface area contributed by atoms with Crippen molar-refractivity contribution in [3.8, 4) is 0 Å². The molecule has 7 nitrogen and oxygen atoms in total. The fourth-order valence-electron chi connectivity index (χ4n) is 3.86. The Morgan fingerprint density at radius 1 is 1.23 bits per heavy atom. The Morgan fingerprint density at radius 3 is 2.48 bits per heavy atom. The number of aromatic nitrogens is 1. The van der Waals surface area contributed by atoms with Crippen LogP contribution in [0.3, 0.4) is 0 Å². The van der Waals surface area contributed by atoms with Crippen LogP contribution in [0.15, 0.2) is 17.5 Å². The average Bonchev–Trinajstić information content (AvgIpc) is 3.36. The van der Waals surface area contributed by atoms with E-state index >= 15 is 0 Å². The summed E-state index contributed by atoms with van der Waals surface area (Å²) in [7, 11) is 1.61. The molecule has 0 aliphatic carbocycles. The number of thiophene rings is 1. The van der Waals surface area contributed by atoms with Gasteiger partial charge in [-0.1, -0.05) is 6.07 Å². The molecule has 0 spiro atoms. The second kappa shape index (κ2) is 11.2. The maximum atomic E-state index is 13.6. The van der Waals surface area contributed by atoms with Crippen LogP contribution in [0.4, 0.5) is 0 Å². The zero-order valence-corrected chi connectivity index (χ0v) is 20.0. The number of nitrogens with zero attached hydrogens (tertiary/aromatic N) is 2. The number of carbonyl (C=O) groups is 3. The number of carbonyl (C=O) groups excluding carboxylic acids is 3. The molecular formula is C23H32N2O5S. The van der Waals surface area contributed by atoms with Gasteiger partial charge in [-0.05, 0) is 58.0 Å². The third kappa shape index (κ3) is 5.25. The highest BCUT2D eigenvalue weighted by Gasteiger charge is 2.33. The van der Waals surface area contributed by atoms with Gasteiger partial charge >= 0.3 is 5.97 Å². The summed E-state index contributed by atoms with van der Waals surface area (Å²) in [5, 5.41) is 1.84. The van der Waals surface area contributed by atoms with Crippen molar-refractivity contribution < 1.29 is 23.9 Å². The maximum absolute atomic E-state index is 13.6. The fraction of sp³-hybridized carbons (Fsp3) is 0.522. The molecule has 0 radical (unpaired) electrons. The quantitative estimate of drug-likeness (QED) is 0.294. The zero-order chi connectivity index (χ0) is 23.1. The maximum Gasteiger partial charge on any atom is 0.355 e. The number of hydrogen-bond acceptors (Lipinski definition) is 6. The van der Waals surface area contributed by atoms with E-state index in [2.05, 4.69) is 0 Å². The van der Waals surface area contributed by atoms with Gasteiger partial charge in [0.25, 0.3) is 5.91 Å². The van der Waals surface area contributed by atoms with Crippen LogP contribution in [0.5, 0.6) is 0 Å². The van der Waals surface area contributed by atoms with Crippen LogP contribution >= 0.6 is 11.3 Å². The summed E-state index contributed by atoms with van der Waals surface area (Å²) in [6, 6.07) is 2.89. The molecule has 0 N–H and O–H groups in total. The van der Waals surface area contributed by atoms with Crippen molar-refractivity contribution in [2.24, 2.45) is 0 Å². The summed E-state index contributed by atoms with van der Waals surface area (Å²) >= 11 is 1.35. The molecule has 170 valence electrons. The van der Waals surface area contributed by atoms with E-state index in [4.69, 9.17) is 9.47 Å². The molecule has 0 fully saturated rings. The largest absolute Gasteiger partial charge is 0.461 e. The van der Waals surface area contributed by atoms with E-state index in [9.17, 15) is 14.4 Å². The van der Waals surface area contributed by atoms with Crippen LogP contribution in [0.25, 0.3) is 0 Å². The van der Waals surface area contributed by atoms with E-state index < -0.39 is 12.0 Å². The lowest BCUT2D eigenvalue weighted by molar-refractivity contribution is 0.0512. The van der Waals surface area contributed by atoms with Crippen molar-refractivity contribution in [3.63, 3.8) is 0 Å². The molecule has 0 aliphatic heterocycles. The van der Waals surface area contributed by atoms with Crippen molar-refractivity contribution in [1.82, 2.24) is 9.47 Å². The predicted molar refractivity (Wildman–Crippen MR) is 121 cm³/mol. The Bertz CT molecular complexity index is 917. The minimum atomic E-state index is -0.688. The Balaban J connectivity index is 2.44. The monoisotopic (exact) mass is 448 g/mol. The lowest BCUT2D eigenvalue weighted by Gasteiger charge is -2.28. The number of hydrogen-bond donors (Lipinski definition) is 0. The van der Waals surface area contributed by atoms with Gasteiger partial charge in [0, 0.05) is 38.1 Å². The molecule has 8 heteroatoms. The van der Waals surface area contributed by atoms with E-state index in [1.807, 2.05) is 29.9 Å². The first kappa shape index (κ1) is 24.8. The number of esters is 1. The predicted octanol–water partition coefficient (Wildman–Crippen LogP) is 4.11. The topological polar surface area (TPSA) is 77.8 Å². The summed E-state index contributed by atoms with van der Waals surface area (Å²) in [5.41, 5.74) is 2.18. The zero-order valence-electron chi connectivity index (χ0n) is 19.2. The normalized spacial score (nSPS) is 11.9. The SMILES string of the molecule is CCOC(=O)c1c(C)c(C(=O)C(C)N(CCCOC)C(=O)c2cccs2)c(C)n1CC. The van der Waals surface area contributed by atoms with Gasteiger partial charge in [0.15, 0.2) is 5.78 Å². The van der Waals surface area contributed by atoms with Gasteiger partial charge < -0.3 is 18.9 Å². The Kier molecular flexibility index (Phi) is 9.00. The van der Waals surface area contributed by atoms with Crippen LogP contribution < -0.4 is 0 Å². The summed E-state index contributed by atoms with van der Waals surface area (Å²) in [6.07, 6.45) is 0.618. The van der Waals surface area contributed by atoms with Crippen molar-refractivity contribution in [2.75, 3.05) is 26.9 Å². The molecule has 0 saturated carbocycles. The molecule has 0 bridgehead atoms. The minimum absolute atomic E-state index is 0.178. The molecule has 1 unspecified atom stereocenters. The molecule has 2 aromatic heterocycles. The summed E-state index contributed by atoms with van der Waals surface area (Å²) in [4.78, 5) is 41.5. The smallest absolute Gasteiger partial charge is 0.355 e. The summed E-state index contributed by atoms with van der Waals surface area (Å²) < 4.78 is 12.2. The van der Waals surface area contributed by atoms with Gasteiger partial charge in [0.2, 0.25) is 0 Å². The van der Waals surface area contributed by atoms with E-state index in [-0.39, 0.29) is 18.3 Å². The molecule has 0 aromatic carbocycles. The first-order valence-corrected chi connectivity index (χ1v) is 11.4. The van der Waals surface area contributed by atoms with Gasteiger partial charge in [-0.3, -0.25) is 9.59 Å². The number of rotatable bonds is 11. The van der Waals surface area contributed by atoms with E-state index in [1.54, 1.807) is 38.8 Å². The van der Waals surface area contributed by atoms with Crippen LogP contribution in [-0.2, 0) is 16.0 Å². The number of ketones is 1. The Hall–Kier alpha value is -2.45. The van der Waals surface area contributed by atoms with Crippen LogP contribution in [0, 0.1) is 13.8 Å².